The van der Waals surface area contributed by atoms with E-state index >= 15 is 0 Å². The number of aromatic nitrogens is 4. The topological polar surface area (TPSA) is 102 Å². The number of fused-ring (bicyclic) bond motifs is 1. The Morgan fingerprint density at radius 1 is 1.26 bits per heavy atom. The maximum Gasteiger partial charge on any atom is 0.248 e. The molecule has 3 N–H and O–H groups in total. The van der Waals surface area contributed by atoms with E-state index in [4.69, 9.17) is 15.7 Å². The molecule has 1 saturated heterocycles. The van der Waals surface area contributed by atoms with Crippen LogP contribution in [0.1, 0.15) is 36.5 Å². The Bertz CT molecular complexity index is 975. The standard InChI is InChI=1S/C19H23N7O/c1-2-8-26-18-15(12-21-26)17(23-19(24-18)25-9-3-4-10-25)22-14-7-5-6-13(11-14)16(20)27/h5-7,11-12H,2-4,8-10H2,1H3,(H2,20,27)(H,22,23,24). The summed E-state index contributed by atoms with van der Waals surface area (Å²) in [6, 6.07) is 7.09. The fourth-order valence-corrected chi connectivity index (χ4v) is 3.36. The summed E-state index contributed by atoms with van der Waals surface area (Å²) in [6.45, 7) is 4.84. The van der Waals surface area contributed by atoms with Crippen molar-refractivity contribution in [1.29, 1.82) is 0 Å². The second-order valence-electron chi connectivity index (χ2n) is 6.74. The van der Waals surface area contributed by atoms with E-state index in [1.54, 1.807) is 24.4 Å². The molecule has 3 heterocycles. The minimum atomic E-state index is -0.458. The fourth-order valence-electron chi connectivity index (χ4n) is 3.36. The van der Waals surface area contributed by atoms with E-state index in [1.165, 1.54) is 0 Å². The number of hydrogen-bond acceptors (Lipinski definition) is 6. The lowest BCUT2D eigenvalue weighted by Crippen LogP contribution is -2.21. The first kappa shape index (κ1) is 17.3. The smallest absolute Gasteiger partial charge is 0.248 e. The van der Waals surface area contributed by atoms with Crippen molar-refractivity contribution in [3.63, 3.8) is 0 Å². The van der Waals surface area contributed by atoms with Crippen LogP contribution in [0, 0.1) is 0 Å². The third kappa shape index (κ3) is 3.42. The average molecular weight is 365 g/mol. The molecule has 1 amide bonds. The lowest BCUT2D eigenvalue weighted by molar-refractivity contribution is 0.100. The van der Waals surface area contributed by atoms with Gasteiger partial charge < -0.3 is 16.0 Å². The highest BCUT2D eigenvalue weighted by molar-refractivity contribution is 5.94. The minimum absolute atomic E-state index is 0.451. The number of nitrogens with zero attached hydrogens (tertiary/aromatic N) is 5. The number of carbonyl (C=O) groups is 1. The zero-order valence-corrected chi connectivity index (χ0v) is 15.4. The first-order chi connectivity index (χ1) is 13.2. The van der Waals surface area contributed by atoms with Gasteiger partial charge in [0.2, 0.25) is 11.9 Å². The number of benzene rings is 1. The van der Waals surface area contributed by atoms with E-state index in [0.29, 0.717) is 17.3 Å². The van der Waals surface area contributed by atoms with Crippen molar-refractivity contribution in [1.82, 2.24) is 19.7 Å². The van der Waals surface area contributed by atoms with Crippen LogP contribution in [0.4, 0.5) is 17.5 Å². The molecule has 140 valence electrons. The largest absolute Gasteiger partial charge is 0.366 e. The normalized spacial score (nSPS) is 14.0. The summed E-state index contributed by atoms with van der Waals surface area (Å²) in [5.41, 5.74) is 7.42. The molecule has 1 aliphatic heterocycles. The van der Waals surface area contributed by atoms with Crippen molar-refractivity contribution in [2.75, 3.05) is 23.3 Å². The van der Waals surface area contributed by atoms with E-state index in [-0.39, 0.29) is 0 Å². The van der Waals surface area contributed by atoms with Crippen molar-refractivity contribution < 1.29 is 4.79 Å². The van der Waals surface area contributed by atoms with Gasteiger partial charge in [-0.3, -0.25) is 4.79 Å². The molecule has 0 saturated carbocycles. The number of amides is 1. The number of carbonyl (C=O) groups excluding carboxylic acids is 1. The minimum Gasteiger partial charge on any atom is -0.366 e. The summed E-state index contributed by atoms with van der Waals surface area (Å²) in [5, 5.41) is 8.66. The molecule has 0 atom stereocenters. The van der Waals surface area contributed by atoms with Gasteiger partial charge in [0.05, 0.1) is 11.6 Å². The maximum absolute atomic E-state index is 11.5. The average Bonchev–Trinajstić information content (AvgIpc) is 3.33. The van der Waals surface area contributed by atoms with Crippen LogP contribution in [0.5, 0.6) is 0 Å². The van der Waals surface area contributed by atoms with E-state index in [2.05, 4.69) is 22.2 Å². The van der Waals surface area contributed by atoms with E-state index in [1.807, 2.05) is 10.7 Å². The molecule has 8 nitrogen and oxygen atoms in total. The Morgan fingerprint density at radius 2 is 2.07 bits per heavy atom. The molecule has 3 aromatic rings. The Kier molecular flexibility index (Phi) is 4.62. The Balaban J connectivity index is 1.78. The van der Waals surface area contributed by atoms with Gasteiger partial charge >= 0.3 is 0 Å². The van der Waals surface area contributed by atoms with Crippen LogP contribution in [-0.2, 0) is 6.54 Å². The van der Waals surface area contributed by atoms with Crippen LogP contribution in [-0.4, -0.2) is 38.7 Å². The highest BCUT2D eigenvalue weighted by atomic mass is 16.1. The van der Waals surface area contributed by atoms with Crippen molar-refractivity contribution in [3.05, 3.63) is 36.0 Å². The van der Waals surface area contributed by atoms with Gasteiger partial charge in [0.1, 0.15) is 5.82 Å². The molecular formula is C19H23N7O. The maximum atomic E-state index is 11.5. The van der Waals surface area contributed by atoms with Gasteiger partial charge in [-0.05, 0) is 37.5 Å². The molecule has 0 radical (unpaired) electrons. The monoisotopic (exact) mass is 365 g/mol. The van der Waals surface area contributed by atoms with Crippen LogP contribution >= 0.6 is 0 Å². The number of primary amides is 1. The number of nitrogens with one attached hydrogen (secondary N) is 1. The molecule has 8 heteroatoms. The lowest BCUT2D eigenvalue weighted by atomic mass is 10.2. The number of nitrogens with two attached hydrogens (primary N) is 1. The first-order valence-corrected chi connectivity index (χ1v) is 9.31. The molecule has 0 unspecified atom stereocenters. The first-order valence-electron chi connectivity index (χ1n) is 9.31. The van der Waals surface area contributed by atoms with Crippen molar-refractivity contribution >= 4 is 34.4 Å². The number of anilines is 3. The van der Waals surface area contributed by atoms with Crippen LogP contribution < -0.4 is 16.0 Å². The molecule has 27 heavy (non-hydrogen) atoms. The SMILES string of the molecule is CCCn1ncc2c(Nc3cccc(C(N)=O)c3)nc(N3CCCC3)nc21. The quantitative estimate of drug-likeness (QED) is 0.696. The van der Waals surface area contributed by atoms with Gasteiger partial charge in [0, 0.05) is 30.9 Å². The number of hydrogen-bond donors (Lipinski definition) is 2. The second kappa shape index (κ2) is 7.22. The molecule has 1 aromatic carbocycles. The summed E-state index contributed by atoms with van der Waals surface area (Å²) in [5.74, 6) is 0.942. The van der Waals surface area contributed by atoms with Crippen LogP contribution in [0.3, 0.4) is 0 Å². The molecule has 0 bridgehead atoms. The van der Waals surface area contributed by atoms with Gasteiger partial charge in [0.25, 0.3) is 0 Å². The van der Waals surface area contributed by atoms with Crippen molar-refractivity contribution in [2.24, 2.45) is 5.73 Å². The third-order valence-electron chi connectivity index (χ3n) is 4.72. The third-order valence-corrected chi connectivity index (χ3v) is 4.72. The Hall–Kier alpha value is -3.16. The van der Waals surface area contributed by atoms with Gasteiger partial charge in [-0.25, -0.2) is 4.68 Å². The molecule has 4 rings (SSSR count). The molecular weight excluding hydrogens is 342 g/mol. The van der Waals surface area contributed by atoms with Crippen LogP contribution in [0.15, 0.2) is 30.5 Å². The summed E-state index contributed by atoms with van der Waals surface area (Å²) in [7, 11) is 0. The zero-order chi connectivity index (χ0) is 18.8. The number of rotatable bonds is 6. The van der Waals surface area contributed by atoms with E-state index in [0.717, 1.165) is 55.6 Å². The van der Waals surface area contributed by atoms with Gasteiger partial charge in [0.15, 0.2) is 5.65 Å². The molecule has 1 fully saturated rings. The summed E-state index contributed by atoms with van der Waals surface area (Å²) in [6.07, 6.45) is 5.07. The summed E-state index contributed by atoms with van der Waals surface area (Å²) < 4.78 is 1.92. The van der Waals surface area contributed by atoms with E-state index < -0.39 is 5.91 Å². The molecule has 2 aromatic heterocycles. The molecule has 1 aliphatic rings. The predicted molar refractivity (Wildman–Crippen MR) is 105 cm³/mol. The van der Waals surface area contributed by atoms with Crippen LogP contribution in [0.25, 0.3) is 11.0 Å². The predicted octanol–water partition coefficient (Wildman–Crippen LogP) is 2.68. The highest BCUT2D eigenvalue weighted by Gasteiger charge is 2.19. The van der Waals surface area contributed by atoms with Gasteiger partial charge in [-0.1, -0.05) is 13.0 Å². The van der Waals surface area contributed by atoms with Crippen LogP contribution in [0.2, 0.25) is 0 Å². The number of aryl methyl sites for hydroxylation is 1. The van der Waals surface area contributed by atoms with Gasteiger partial charge in [-0.2, -0.15) is 15.1 Å². The second-order valence-corrected chi connectivity index (χ2v) is 6.74. The van der Waals surface area contributed by atoms with Crippen molar-refractivity contribution in [2.45, 2.75) is 32.7 Å². The summed E-state index contributed by atoms with van der Waals surface area (Å²) >= 11 is 0. The van der Waals surface area contributed by atoms with Crippen molar-refractivity contribution in [3.8, 4) is 0 Å². The Morgan fingerprint density at radius 3 is 2.81 bits per heavy atom. The highest BCUT2D eigenvalue weighted by Crippen LogP contribution is 2.28. The fraction of sp³-hybridized carbons (Fsp3) is 0.368. The Labute approximate surface area is 157 Å². The molecule has 0 spiro atoms. The summed E-state index contributed by atoms with van der Waals surface area (Å²) in [4.78, 5) is 23.2. The lowest BCUT2D eigenvalue weighted by Gasteiger charge is -2.17. The zero-order valence-electron chi connectivity index (χ0n) is 15.4. The molecule has 0 aliphatic carbocycles. The van der Waals surface area contributed by atoms with E-state index in [9.17, 15) is 4.79 Å². The van der Waals surface area contributed by atoms with Gasteiger partial charge in [-0.15, -0.1) is 0 Å².